The quantitative estimate of drug-likeness (QED) is 0.860. The van der Waals surface area contributed by atoms with Gasteiger partial charge < -0.3 is 5.32 Å². The number of fused-ring (bicyclic) bond motifs is 1. The molecule has 138 valence electrons. The summed E-state index contributed by atoms with van der Waals surface area (Å²) in [6, 6.07) is 8.98. The number of para-hydroxylation sites is 2. The third kappa shape index (κ3) is 3.26. The van der Waals surface area contributed by atoms with Crippen molar-refractivity contribution in [1.82, 2.24) is 0 Å². The number of rotatable bonds is 2. The van der Waals surface area contributed by atoms with Crippen LogP contribution < -0.4 is 9.62 Å². The Balaban J connectivity index is 2.09. The van der Waals surface area contributed by atoms with Crippen molar-refractivity contribution in [3.8, 4) is 0 Å². The van der Waals surface area contributed by atoms with E-state index in [0.29, 0.717) is 5.69 Å². The molecule has 2 aromatic rings. The summed E-state index contributed by atoms with van der Waals surface area (Å²) in [7, 11) is -4.16. The smallest absolute Gasteiger partial charge is 0.324 e. The first-order chi connectivity index (χ1) is 12.1. The number of carbonyl (C=O) groups excluding carboxylic acids is 1. The lowest BCUT2D eigenvalue weighted by Crippen LogP contribution is -2.39. The summed E-state index contributed by atoms with van der Waals surface area (Å²) in [5.74, 6) is -0.338. The van der Waals surface area contributed by atoms with E-state index in [0.717, 1.165) is 28.6 Å². The molecule has 0 saturated heterocycles. The summed E-state index contributed by atoms with van der Waals surface area (Å²) in [6.45, 7) is 1.57. The monoisotopic (exact) mass is 384 g/mol. The van der Waals surface area contributed by atoms with Crippen LogP contribution in [0, 0.1) is 0 Å². The van der Waals surface area contributed by atoms with Crippen molar-refractivity contribution in [3.05, 3.63) is 54.1 Å². The van der Waals surface area contributed by atoms with Gasteiger partial charge in [-0.25, -0.2) is 8.42 Å². The van der Waals surface area contributed by atoms with Gasteiger partial charge in [-0.05, 0) is 43.3 Å². The van der Waals surface area contributed by atoms with Gasteiger partial charge in [0.2, 0.25) is 5.91 Å². The summed E-state index contributed by atoms with van der Waals surface area (Å²) in [6.07, 6.45) is -4.63. The van der Waals surface area contributed by atoms with Crippen molar-refractivity contribution in [1.29, 1.82) is 0 Å². The average molecular weight is 384 g/mol. The van der Waals surface area contributed by atoms with Gasteiger partial charge in [0, 0.05) is 6.42 Å². The van der Waals surface area contributed by atoms with E-state index in [4.69, 9.17) is 0 Å². The van der Waals surface area contributed by atoms with Crippen LogP contribution >= 0.6 is 0 Å². The summed E-state index contributed by atoms with van der Waals surface area (Å²) in [5, 5.41) is 2.64. The first-order valence-electron chi connectivity index (χ1n) is 7.71. The van der Waals surface area contributed by atoms with E-state index in [1.165, 1.54) is 0 Å². The lowest BCUT2D eigenvalue weighted by atomic mass is 10.2. The molecule has 1 heterocycles. The number of anilines is 2. The average Bonchev–Trinajstić information content (AvgIpc) is 2.68. The van der Waals surface area contributed by atoms with Crippen LogP contribution in [0.3, 0.4) is 0 Å². The largest absolute Gasteiger partial charge is 0.416 e. The van der Waals surface area contributed by atoms with Gasteiger partial charge in [0.15, 0.2) is 0 Å². The highest BCUT2D eigenvalue weighted by Gasteiger charge is 2.36. The number of carbonyl (C=O) groups is 1. The minimum atomic E-state index is -4.55. The van der Waals surface area contributed by atoms with Crippen molar-refractivity contribution in [3.63, 3.8) is 0 Å². The molecule has 26 heavy (non-hydrogen) atoms. The number of nitrogens with zero attached hydrogens (tertiary/aromatic N) is 1. The van der Waals surface area contributed by atoms with E-state index in [2.05, 4.69) is 5.32 Å². The molecule has 0 unspecified atom stereocenters. The molecule has 0 spiro atoms. The number of benzene rings is 2. The predicted molar refractivity (Wildman–Crippen MR) is 90.3 cm³/mol. The van der Waals surface area contributed by atoms with Crippen LogP contribution in [0.25, 0.3) is 0 Å². The molecular formula is C17H15F3N2O3S. The van der Waals surface area contributed by atoms with Crippen molar-refractivity contribution in [2.24, 2.45) is 0 Å². The molecule has 1 amide bonds. The molecule has 1 atom stereocenters. The van der Waals surface area contributed by atoms with Gasteiger partial charge in [-0.3, -0.25) is 9.10 Å². The SMILES string of the molecule is C[C@H]1CC(=O)Nc2ccccc2N1S(=O)(=O)c1ccc(C(F)(F)F)cc1. The highest BCUT2D eigenvalue weighted by molar-refractivity contribution is 7.92. The van der Waals surface area contributed by atoms with Crippen LogP contribution in [0.15, 0.2) is 53.4 Å². The van der Waals surface area contributed by atoms with Gasteiger partial charge in [-0.2, -0.15) is 13.2 Å². The van der Waals surface area contributed by atoms with Gasteiger partial charge in [-0.15, -0.1) is 0 Å². The maximum Gasteiger partial charge on any atom is 0.416 e. The Labute approximate surface area is 148 Å². The lowest BCUT2D eigenvalue weighted by Gasteiger charge is -2.29. The van der Waals surface area contributed by atoms with E-state index in [1.54, 1.807) is 31.2 Å². The Morgan fingerprint density at radius 3 is 2.31 bits per heavy atom. The molecule has 2 aromatic carbocycles. The molecule has 0 aromatic heterocycles. The van der Waals surface area contributed by atoms with Gasteiger partial charge in [-0.1, -0.05) is 12.1 Å². The van der Waals surface area contributed by atoms with Crippen LogP contribution in [0.5, 0.6) is 0 Å². The zero-order valence-electron chi connectivity index (χ0n) is 13.6. The molecule has 9 heteroatoms. The lowest BCUT2D eigenvalue weighted by molar-refractivity contribution is -0.137. The molecule has 1 N–H and O–H groups in total. The molecule has 3 rings (SSSR count). The number of hydrogen-bond acceptors (Lipinski definition) is 3. The van der Waals surface area contributed by atoms with Crippen molar-refractivity contribution in [2.75, 3.05) is 9.62 Å². The van der Waals surface area contributed by atoms with Crippen LogP contribution in [-0.2, 0) is 21.0 Å². The molecule has 0 aliphatic carbocycles. The van der Waals surface area contributed by atoms with Gasteiger partial charge in [0.25, 0.3) is 10.0 Å². The molecule has 5 nitrogen and oxygen atoms in total. The first-order valence-corrected chi connectivity index (χ1v) is 9.15. The van der Waals surface area contributed by atoms with E-state index < -0.39 is 27.8 Å². The van der Waals surface area contributed by atoms with Crippen molar-refractivity contribution < 1.29 is 26.4 Å². The zero-order chi connectivity index (χ0) is 19.1. The molecular weight excluding hydrogens is 369 g/mol. The fraction of sp³-hybridized carbons (Fsp3) is 0.235. The number of amides is 1. The topological polar surface area (TPSA) is 66.5 Å². The number of hydrogen-bond donors (Lipinski definition) is 1. The maximum absolute atomic E-state index is 13.1. The third-order valence-electron chi connectivity index (χ3n) is 4.04. The molecule has 1 aliphatic heterocycles. The Kier molecular flexibility index (Phi) is 4.43. The number of halogens is 3. The van der Waals surface area contributed by atoms with Crippen LogP contribution in [0.4, 0.5) is 24.5 Å². The first kappa shape index (κ1) is 18.2. The molecule has 0 radical (unpaired) electrons. The Hall–Kier alpha value is -2.55. The Morgan fingerprint density at radius 1 is 1.08 bits per heavy atom. The van der Waals surface area contributed by atoms with Gasteiger partial charge >= 0.3 is 6.18 Å². The summed E-state index contributed by atoms with van der Waals surface area (Å²) < 4.78 is 65.4. The summed E-state index contributed by atoms with van der Waals surface area (Å²) >= 11 is 0. The normalized spacial score (nSPS) is 18.1. The van der Waals surface area contributed by atoms with Crippen molar-refractivity contribution in [2.45, 2.75) is 30.5 Å². The fourth-order valence-electron chi connectivity index (χ4n) is 2.86. The standard InChI is InChI=1S/C17H15F3N2O3S/c1-11-10-16(23)21-14-4-2-3-5-15(14)22(11)26(24,25)13-8-6-12(7-9-13)17(18,19)20/h2-9,11H,10H2,1H3,(H,21,23)/t11-/m0/s1. The molecule has 0 saturated carbocycles. The highest BCUT2D eigenvalue weighted by atomic mass is 32.2. The van der Waals surface area contributed by atoms with Crippen LogP contribution in [0.1, 0.15) is 18.9 Å². The number of nitrogens with one attached hydrogen (secondary N) is 1. The van der Waals surface area contributed by atoms with E-state index in [9.17, 15) is 26.4 Å². The summed E-state index contributed by atoms with van der Waals surface area (Å²) in [4.78, 5) is 11.7. The summed E-state index contributed by atoms with van der Waals surface area (Å²) in [5.41, 5.74) is -0.333. The maximum atomic E-state index is 13.1. The second kappa shape index (κ2) is 6.31. The van der Waals surface area contributed by atoms with Gasteiger partial charge in [0.05, 0.1) is 27.9 Å². The van der Waals surface area contributed by atoms with E-state index in [-0.39, 0.29) is 22.9 Å². The number of sulfonamides is 1. The third-order valence-corrected chi connectivity index (χ3v) is 5.98. The molecule has 0 bridgehead atoms. The minimum Gasteiger partial charge on any atom is -0.324 e. The Bertz CT molecular complexity index is 940. The fourth-order valence-corrected chi connectivity index (χ4v) is 4.53. The molecule has 1 aliphatic rings. The molecule has 0 fully saturated rings. The highest BCUT2D eigenvalue weighted by Crippen LogP contribution is 2.36. The van der Waals surface area contributed by atoms with E-state index >= 15 is 0 Å². The van der Waals surface area contributed by atoms with E-state index in [1.807, 2.05) is 0 Å². The van der Waals surface area contributed by atoms with Crippen LogP contribution in [0.2, 0.25) is 0 Å². The zero-order valence-corrected chi connectivity index (χ0v) is 14.4. The van der Waals surface area contributed by atoms with Crippen LogP contribution in [-0.4, -0.2) is 20.4 Å². The second-order valence-corrected chi connectivity index (χ2v) is 7.76. The number of alkyl halides is 3. The second-order valence-electron chi connectivity index (χ2n) is 5.94. The van der Waals surface area contributed by atoms with Gasteiger partial charge in [0.1, 0.15) is 0 Å². The minimum absolute atomic E-state index is 0.0749. The Morgan fingerprint density at radius 2 is 1.69 bits per heavy atom. The van der Waals surface area contributed by atoms with Crippen molar-refractivity contribution >= 4 is 27.3 Å². The predicted octanol–water partition coefficient (Wildman–Crippen LogP) is 3.63.